The van der Waals surface area contributed by atoms with E-state index in [4.69, 9.17) is 15.1 Å². The van der Waals surface area contributed by atoms with Crippen LogP contribution < -0.4 is 0 Å². The summed E-state index contributed by atoms with van der Waals surface area (Å²) in [6.45, 7) is 0. The van der Waals surface area contributed by atoms with Crippen LogP contribution in [0.5, 0.6) is 0 Å². The van der Waals surface area contributed by atoms with Gasteiger partial charge in [0.1, 0.15) is 0 Å². The second-order valence-electron chi connectivity index (χ2n) is 8.98. The van der Waals surface area contributed by atoms with E-state index in [-0.39, 0.29) is 0 Å². The lowest BCUT2D eigenvalue weighted by Gasteiger charge is -2.12. The molecule has 4 nitrogen and oxygen atoms in total. The molecule has 0 unspecified atom stereocenters. The standard InChI is InChI=1S/C33H22N4/c1-4-12-23(13-5-1)28-21-34-32(27-19-11-10-18-26(27)28)29-22-35-37-31(25-16-8-3-9-17-25)20-30(36-33(29)37)24-14-6-2-7-15-24/h1-22H. The van der Waals surface area contributed by atoms with Gasteiger partial charge in [0.05, 0.1) is 28.8 Å². The van der Waals surface area contributed by atoms with Crippen LogP contribution in [-0.2, 0) is 0 Å². The van der Waals surface area contributed by atoms with Crippen molar-refractivity contribution in [1.29, 1.82) is 0 Å². The van der Waals surface area contributed by atoms with Crippen molar-refractivity contribution in [2.75, 3.05) is 0 Å². The summed E-state index contributed by atoms with van der Waals surface area (Å²) in [5, 5.41) is 7.04. The van der Waals surface area contributed by atoms with Gasteiger partial charge in [-0.3, -0.25) is 4.98 Å². The summed E-state index contributed by atoms with van der Waals surface area (Å²) in [5.74, 6) is 0. The molecule has 4 aromatic carbocycles. The molecule has 0 spiro atoms. The molecule has 174 valence electrons. The Kier molecular flexibility index (Phi) is 5.07. The highest BCUT2D eigenvalue weighted by Gasteiger charge is 2.18. The van der Waals surface area contributed by atoms with E-state index in [2.05, 4.69) is 78.9 Å². The van der Waals surface area contributed by atoms with Gasteiger partial charge in [-0.15, -0.1) is 0 Å². The van der Waals surface area contributed by atoms with Gasteiger partial charge in [0.25, 0.3) is 0 Å². The molecule has 3 aromatic heterocycles. The van der Waals surface area contributed by atoms with Gasteiger partial charge in [-0.1, -0.05) is 115 Å². The molecule has 3 heterocycles. The molecule has 0 fully saturated rings. The molecular formula is C33H22N4. The molecule has 0 bridgehead atoms. The molecule has 0 saturated heterocycles. The molecule has 0 amide bonds. The molecule has 0 radical (unpaired) electrons. The third-order valence-corrected chi connectivity index (χ3v) is 6.75. The Balaban J connectivity index is 1.50. The number of pyridine rings is 1. The molecule has 37 heavy (non-hydrogen) atoms. The molecule has 7 aromatic rings. The number of fused-ring (bicyclic) bond motifs is 2. The van der Waals surface area contributed by atoms with Crippen molar-refractivity contribution in [2.45, 2.75) is 0 Å². The summed E-state index contributed by atoms with van der Waals surface area (Å²) in [6, 6.07) is 41.5. The summed E-state index contributed by atoms with van der Waals surface area (Å²) in [7, 11) is 0. The zero-order chi connectivity index (χ0) is 24.6. The van der Waals surface area contributed by atoms with Crippen LogP contribution in [0.4, 0.5) is 0 Å². The van der Waals surface area contributed by atoms with Crippen molar-refractivity contribution < 1.29 is 0 Å². The molecule has 7 rings (SSSR count). The van der Waals surface area contributed by atoms with Crippen molar-refractivity contribution in [2.24, 2.45) is 0 Å². The second-order valence-corrected chi connectivity index (χ2v) is 8.98. The van der Waals surface area contributed by atoms with Gasteiger partial charge in [-0.25, -0.2) is 9.50 Å². The van der Waals surface area contributed by atoms with Gasteiger partial charge in [0.15, 0.2) is 5.65 Å². The summed E-state index contributed by atoms with van der Waals surface area (Å²) >= 11 is 0. The smallest absolute Gasteiger partial charge is 0.165 e. The monoisotopic (exact) mass is 474 g/mol. The fraction of sp³-hybridized carbons (Fsp3) is 0. The maximum absolute atomic E-state index is 5.12. The minimum atomic E-state index is 0.783. The minimum absolute atomic E-state index is 0.783. The van der Waals surface area contributed by atoms with Gasteiger partial charge in [-0.05, 0) is 17.0 Å². The lowest BCUT2D eigenvalue weighted by atomic mass is 9.98. The Morgan fingerprint density at radius 3 is 1.81 bits per heavy atom. The van der Waals surface area contributed by atoms with Crippen LogP contribution in [0.2, 0.25) is 0 Å². The molecule has 4 heteroatoms. The normalized spacial score (nSPS) is 11.2. The van der Waals surface area contributed by atoms with Crippen molar-refractivity contribution >= 4 is 16.4 Å². The Morgan fingerprint density at radius 2 is 1.11 bits per heavy atom. The van der Waals surface area contributed by atoms with Crippen LogP contribution in [0, 0.1) is 0 Å². The maximum atomic E-state index is 5.12. The van der Waals surface area contributed by atoms with Crippen molar-refractivity contribution in [1.82, 2.24) is 19.6 Å². The van der Waals surface area contributed by atoms with E-state index in [9.17, 15) is 0 Å². The quantitative estimate of drug-likeness (QED) is 0.260. The molecular weight excluding hydrogens is 452 g/mol. The number of hydrogen-bond donors (Lipinski definition) is 0. The average Bonchev–Trinajstić information content (AvgIpc) is 3.41. The Bertz CT molecular complexity index is 1860. The summed E-state index contributed by atoms with van der Waals surface area (Å²) < 4.78 is 1.93. The number of nitrogens with zero attached hydrogens (tertiary/aromatic N) is 4. The molecule has 0 aliphatic heterocycles. The van der Waals surface area contributed by atoms with E-state index in [0.29, 0.717) is 0 Å². The Hall–Kier alpha value is -5.09. The molecule has 0 atom stereocenters. The number of benzene rings is 4. The van der Waals surface area contributed by atoms with Crippen LogP contribution >= 0.6 is 0 Å². The molecule has 0 N–H and O–H groups in total. The van der Waals surface area contributed by atoms with Crippen molar-refractivity contribution in [3.05, 3.63) is 134 Å². The largest absolute Gasteiger partial charge is 0.255 e. The molecule has 0 aliphatic rings. The number of rotatable bonds is 4. The first kappa shape index (κ1) is 21.2. The van der Waals surface area contributed by atoms with Crippen LogP contribution in [-0.4, -0.2) is 19.6 Å². The van der Waals surface area contributed by atoms with Crippen LogP contribution in [0.15, 0.2) is 134 Å². The van der Waals surface area contributed by atoms with Crippen molar-refractivity contribution in [3.8, 4) is 44.9 Å². The fourth-order valence-electron chi connectivity index (χ4n) is 4.96. The van der Waals surface area contributed by atoms with E-state index in [1.807, 2.05) is 59.4 Å². The van der Waals surface area contributed by atoms with Crippen LogP contribution in [0.1, 0.15) is 0 Å². The van der Waals surface area contributed by atoms with Gasteiger partial charge < -0.3 is 0 Å². The van der Waals surface area contributed by atoms with Gasteiger partial charge in [0.2, 0.25) is 0 Å². The highest BCUT2D eigenvalue weighted by atomic mass is 15.3. The van der Waals surface area contributed by atoms with E-state index in [1.165, 1.54) is 0 Å². The number of aromatic nitrogens is 4. The fourth-order valence-corrected chi connectivity index (χ4v) is 4.96. The Labute approximate surface area is 214 Å². The van der Waals surface area contributed by atoms with Crippen molar-refractivity contribution in [3.63, 3.8) is 0 Å². The average molecular weight is 475 g/mol. The SMILES string of the molecule is c1ccc(-c2cc(-c3ccccc3)n3ncc(-c4ncc(-c5ccccc5)c5ccccc45)c3n2)cc1. The maximum Gasteiger partial charge on any atom is 0.165 e. The highest BCUT2D eigenvalue weighted by Crippen LogP contribution is 2.36. The van der Waals surface area contributed by atoms with Gasteiger partial charge in [0, 0.05) is 28.3 Å². The molecule has 0 aliphatic carbocycles. The third kappa shape index (κ3) is 3.67. The highest BCUT2D eigenvalue weighted by molar-refractivity contribution is 6.04. The Morgan fingerprint density at radius 1 is 0.514 bits per heavy atom. The van der Waals surface area contributed by atoms with Crippen LogP contribution in [0.25, 0.3) is 61.3 Å². The predicted molar refractivity (Wildman–Crippen MR) is 150 cm³/mol. The second kappa shape index (κ2) is 8.85. The summed E-state index contributed by atoms with van der Waals surface area (Å²) in [6.07, 6.45) is 3.86. The summed E-state index contributed by atoms with van der Waals surface area (Å²) in [4.78, 5) is 10.1. The zero-order valence-corrected chi connectivity index (χ0v) is 20.0. The van der Waals surface area contributed by atoms with E-state index in [1.54, 1.807) is 0 Å². The van der Waals surface area contributed by atoms with E-state index < -0.39 is 0 Å². The lowest BCUT2D eigenvalue weighted by Crippen LogP contribution is -1.99. The summed E-state index contributed by atoms with van der Waals surface area (Å²) in [5.41, 5.74) is 8.86. The first-order chi connectivity index (χ1) is 18.4. The molecule has 0 saturated carbocycles. The topological polar surface area (TPSA) is 43.1 Å². The van der Waals surface area contributed by atoms with Gasteiger partial charge in [-0.2, -0.15) is 5.10 Å². The van der Waals surface area contributed by atoms with Crippen LogP contribution in [0.3, 0.4) is 0 Å². The first-order valence-electron chi connectivity index (χ1n) is 12.3. The minimum Gasteiger partial charge on any atom is -0.255 e. The number of hydrogen-bond acceptors (Lipinski definition) is 3. The van der Waals surface area contributed by atoms with Gasteiger partial charge >= 0.3 is 0 Å². The van der Waals surface area contributed by atoms with E-state index in [0.717, 1.165) is 61.3 Å². The zero-order valence-electron chi connectivity index (χ0n) is 20.0. The lowest BCUT2D eigenvalue weighted by molar-refractivity contribution is 0.949. The predicted octanol–water partition coefficient (Wildman–Crippen LogP) is 7.95. The van der Waals surface area contributed by atoms with E-state index >= 15 is 0 Å². The third-order valence-electron chi connectivity index (χ3n) is 6.75. The first-order valence-corrected chi connectivity index (χ1v) is 12.3.